The van der Waals surface area contributed by atoms with Crippen molar-refractivity contribution in [3.63, 3.8) is 0 Å². The summed E-state index contributed by atoms with van der Waals surface area (Å²) in [6, 6.07) is -1.27. The van der Waals surface area contributed by atoms with Gasteiger partial charge in [0.1, 0.15) is 0 Å². The molecule has 1 heterocycles. The lowest BCUT2D eigenvalue weighted by Crippen LogP contribution is -2.63. The zero-order valence-electron chi connectivity index (χ0n) is 10.2. The summed E-state index contributed by atoms with van der Waals surface area (Å²) in [4.78, 5) is 25.6. The van der Waals surface area contributed by atoms with Gasteiger partial charge in [-0.15, -0.1) is 0 Å². The van der Waals surface area contributed by atoms with Crippen molar-refractivity contribution >= 4 is 12.0 Å². The third-order valence-corrected chi connectivity index (χ3v) is 2.40. The van der Waals surface area contributed by atoms with Crippen LogP contribution in [0.15, 0.2) is 10.9 Å². The lowest BCUT2D eigenvalue weighted by molar-refractivity contribution is -0.203. The maximum absolute atomic E-state index is 12.6. The summed E-state index contributed by atoms with van der Waals surface area (Å²) in [6.45, 7) is 0.271. The summed E-state index contributed by atoms with van der Waals surface area (Å²) >= 11 is 0. The highest BCUT2D eigenvalue weighted by atomic mass is 19.4. The summed E-state index contributed by atoms with van der Waals surface area (Å²) < 4.78 is 42.2. The van der Waals surface area contributed by atoms with Crippen LogP contribution < -0.4 is 10.6 Å². The van der Waals surface area contributed by atoms with Crippen LogP contribution in [0.1, 0.15) is 12.7 Å². The standard InChI is InChI=1S/C9H11F3N4O4/c1-8(6(17)18,9(10,11)12)15-7(19)13-3-2-5-14-4-20-16-5/h4H,2-3H2,1H3,(H,17,18)(H2,13,15,19). The third-order valence-electron chi connectivity index (χ3n) is 2.40. The average molecular weight is 296 g/mol. The molecule has 0 aliphatic heterocycles. The first-order chi connectivity index (χ1) is 9.17. The van der Waals surface area contributed by atoms with Crippen molar-refractivity contribution in [3.8, 4) is 0 Å². The summed E-state index contributed by atoms with van der Waals surface area (Å²) in [6.07, 6.45) is -3.95. The van der Waals surface area contributed by atoms with Gasteiger partial charge in [0.15, 0.2) is 5.82 Å². The Labute approximate surface area is 110 Å². The Morgan fingerprint density at radius 1 is 1.45 bits per heavy atom. The van der Waals surface area contributed by atoms with Crippen LogP contribution in [0.2, 0.25) is 0 Å². The molecule has 1 aromatic heterocycles. The first-order valence-corrected chi connectivity index (χ1v) is 5.28. The van der Waals surface area contributed by atoms with Gasteiger partial charge in [-0.3, -0.25) is 0 Å². The van der Waals surface area contributed by atoms with Crippen molar-refractivity contribution in [3.05, 3.63) is 12.2 Å². The van der Waals surface area contributed by atoms with E-state index in [1.165, 1.54) is 5.32 Å². The zero-order valence-corrected chi connectivity index (χ0v) is 10.2. The van der Waals surface area contributed by atoms with E-state index in [2.05, 4.69) is 20.0 Å². The fourth-order valence-corrected chi connectivity index (χ4v) is 1.11. The predicted molar refractivity (Wildman–Crippen MR) is 56.6 cm³/mol. The molecule has 0 aliphatic rings. The molecule has 8 nitrogen and oxygen atoms in total. The number of nitrogens with zero attached hydrogens (tertiary/aromatic N) is 2. The first-order valence-electron chi connectivity index (χ1n) is 5.28. The number of alkyl halides is 3. The highest BCUT2D eigenvalue weighted by Crippen LogP contribution is 2.30. The minimum Gasteiger partial charge on any atom is -0.479 e. The SMILES string of the molecule is CC(NC(=O)NCCc1ncon1)(C(=O)O)C(F)(F)F. The fourth-order valence-electron chi connectivity index (χ4n) is 1.11. The molecule has 0 aromatic carbocycles. The number of aliphatic carboxylic acids is 1. The van der Waals surface area contributed by atoms with Crippen LogP contribution in [0, 0.1) is 0 Å². The summed E-state index contributed by atoms with van der Waals surface area (Å²) in [7, 11) is 0. The number of aromatic nitrogens is 2. The van der Waals surface area contributed by atoms with Gasteiger partial charge >= 0.3 is 18.2 Å². The molecular formula is C9H11F3N4O4. The van der Waals surface area contributed by atoms with Crippen molar-refractivity contribution in [1.82, 2.24) is 20.8 Å². The summed E-state index contributed by atoms with van der Waals surface area (Å²) in [5.74, 6) is -1.96. The van der Waals surface area contributed by atoms with Gasteiger partial charge in [0, 0.05) is 13.0 Å². The van der Waals surface area contributed by atoms with Gasteiger partial charge < -0.3 is 20.3 Å². The van der Waals surface area contributed by atoms with E-state index in [-0.39, 0.29) is 18.8 Å². The van der Waals surface area contributed by atoms with Crippen LogP contribution in [-0.4, -0.2) is 45.5 Å². The van der Waals surface area contributed by atoms with Crippen LogP contribution in [-0.2, 0) is 11.2 Å². The van der Waals surface area contributed by atoms with Gasteiger partial charge in [0.2, 0.25) is 11.9 Å². The molecule has 20 heavy (non-hydrogen) atoms. The number of nitrogens with one attached hydrogen (secondary N) is 2. The molecule has 1 atom stereocenters. The first kappa shape index (κ1) is 15.7. The topological polar surface area (TPSA) is 117 Å². The minimum absolute atomic E-state index is 0.0844. The van der Waals surface area contributed by atoms with Crippen LogP contribution in [0.5, 0.6) is 0 Å². The number of halogens is 3. The van der Waals surface area contributed by atoms with E-state index in [0.717, 1.165) is 6.39 Å². The number of carboxylic acids is 1. The monoisotopic (exact) mass is 296 g/mol. The Bertz CT molecular complexity index is 476. The van der Waals surface area contributed by atoms with Gasteiger partial charge in [-0.2, -0.15) is 18.2 Å². The maximum Gasteiger partial charge on any atom is 0.422 e. The second kappa shape index (κ2) is 5.75. The molecular weight excluding hydrogens is 285 g/mol. The van der Waals surface area contributed by atoms with E-state index >= 15 is 0 Å². The Morgan fingerprint density at radius 3 is 2.55 bits per heavy atom. The number of hydrogen-bond donors (Lipinski definition) is 3. The predicted octanol–water partition coefficient (Wildman–Crippen LogP) is 0.317. The van der Waals surface area contributed by atoms with Gasteiger partial charge in [-0.25, -0.2) is 9.59 Å². The lowest BCUT2D eigenvalue weighted by Gasteiger charge is -2.28. The van der Waals surface area contributed by atoms with Crippen molar-refractivity contribution in [1.29, 1.82) is 0 Å². The lowest BCUT2D eigenvalue weighted by atomic mass is 10.0. The Balaban J connectivity index is 2.53. The molecule has 2 amide bonds. The number of rotatable bonds is 5. The highest BCUT2D eigenvalue weighted by molar-refractivity contribution is 5.86. The second-order valence-corrected chi connectivity index (χ2v) is 3.91. The summed E-state index contributed by atoms with van der Waals surface area (Å²) in [5.41, 5.74) is -3.37. The number of carbonyl (C=O) groups is 2. The molecule has 0 saturated carbocycles. The van der Waals surface area contributed by atoms with Gasteiger partial charge in [-0.05, 0) is 6.92 Å². The molecule has 1 rings (SSSR count). The smallest absolute Gasteiger partial charge is 0.422 e. The minimum atomic E-state index is -5.14. The number of hydrogen-bond acceptors (Lipinski definition) is 5. The van der Waals surface area contributed by atoms with E-state index in [4.69, 9.17) is 5.11 Å². The molecule has 1 aromatic rings. The van der Waals surface area contributed by atoms with Crippen LogP contribution in [0.25, 0.3) is 0 Å². The highest BCUT2D eigenvalue weighted by Gasteiger charge is 2.58. The largest absolute Gasteiger partial charge is 0.479 e. The second-order valence-electron chi connectivity index (χ2n) is 3.91. The molecule has 11 heteroatoms. The quantitative estimate of drug-likeness (QED) is 0.720. The molecule has 1 unspecified atom stereocenters. The number of carboxylic acid groups (broad SMARTS) is 1. The van der Waals surface area contributed by atoms with E-state index in [9.17, 15) is 22.8 Å². The normalized spacial score (nSPS) is 14.4. The zero-order chi connectivity index (χ0) is 15.4. The fraction of sp³-hybridized carbons (Fsp3) is 0.556. The molecule has 0 bridgehead atoms. The molecule has 3 N–H and O–H groups in total. The number of carbonyl (C=O) groups excluding carboxylic acids is 1. The van der Waals surface area contributed by atoms with E-state index in [1.807, 2.05) is 0 Å². The maximum atomic E-state index is 12.6. The Morgan fingerprint density at radius 2 is 2.10 bits per heavy atom. The Kier molecular flexibility index (Phi) is 4.53. The Hall–Kier alpha value is -2.33. The molecule has 0 saturated heterocycles. The van der Waals surface area contributed by atoms with Crippen molar-refractivity contribution in [2.75, 3.05) is 6.54 Å². The molecule has 0 spiro atoms. The van der Waals surface area contributed by atoms with Gasteiger partial charge in [0.25, 0.3) is 0 Å². The van der Waals surface area contributed by atoms with Crippen molar-refractivity contribution < 1.29 is 32.4 Å². The van der Waals surface area contributed by atoms with Crippen LogP contribution in [0.4, 0.5) is 18.0 Å². The van der Waals surface area contributed by atoms with Crippen LogP contribution in [0.3, 0.4) is 0 Å². The molecule has 112 valence electrons. The van der Waals surface area contributed by atoms with Crippen LogP contribution >= 0.6 is 0 Å². The van der Waals surface area contributed by atoms with Gasteiger partial charge in [-0.1, -0.05) is 5.16 Å². The average Bonchev–Trinajstić information content (AvgIpc) is 2.80. The summed E-state index contributed by atoms with van der Waals surface area (Å²) in [5, 5.41) is 15.5. The number of urea groups is 1. The molecule has 0 fully saturated rings. The van der Waals surface area contributed by atoms with Crippen molar-refractivity contribution in [2.45, 2.75) is 25.1 Å². The number of amides is 2. The molecule has 0 aliphatic carbocycles. The van der Waals surface area contributed by atoms with E-state index < -0.39 is 23.7 Å². The third kappa shape index (κ3) is 3.59. The van der Waals surface area contributed by atoms with E-state index in [0.29, 0.717) is 6.92 Å². The van der Waals surface area contributed by atoms with Gasteiger partial charge in [0.05, 0.1) is 0 Å². The molecule has 0 radical (unpaired) electrons. The van der Waals surface area contributed by atoms with Crippen molar-refractivity contribution in [2.24, 2.45) is 0 Å². The van der Waals surface area contributed by atoms with E-state index in [1.54, 1.807) is 0 Å².